The smallest absolute Gasteiger partial charge is 0.355 e. The van der Waals surface area contributed by atoms with Gasteiger partial charge < -0.3 is 19.4 Å². The van der Waals surface area contributed by atoms with Gasteiger partial charge in [0.2, 0.25) is 0 Å². The van der Waals surface area contributed by atoms with E-state index in [1.54, 1.807) is 27.7 Å². The van der Waals surface area contributed by atoms with Gasteiger partial charge in [0.1, 0.15) is 11.5 Å². The van der Waals surface area contributed by atoms with Crippen molar-refractivity contribution in [3.63, 3.8) is 0 Å². The molecular weight excluding hydrogens is 415 g/mol. The summed E-state index contributed by atoms with van der Waals surface area (Å²) in [6.45, 7) is 6.04. The molecule has 1 heterocycles. The number of halogens is 2. The second kappa shape index (κ2) is 9.75. The number of nitrogens with zero attached hydrogens (tertiary/aromatic N) is 1. The van der Waals surface area contributed by atoms with Gasteiger partial charge in [0.15, 0.2) is 6.61 Å². The van der Waals surface area contributed by atoms with Crippen LogP contribution in [-0.4, -0.2) is 47.5 Å². The quantitative estimate of drug-likeness (QED) is 0.664. The Morgan fingerprint density at radius 1 is 1.20 bits per heavy atom. The van der Waals surface area contributed by atoms with Crippen molar-refractivity contribution in [2.24, 2.45) is 0 Å². The number of ether oxygens (including phenoxy) is 2. The number of amides is 1. The Balaban J connectivity index is 2.03. The molecule has 162 valence electrons. The predicted molar refractivity (Wildman–Crippen MR) is 109 cm³/mol. The Morgan fingerprint density at radius 2 is 1.87 bits per heavy atom. The van der Waals surface area contributed by atoms with Crippen LogP contribution in [-0.2, 0) is 20.8 Å². The summed E-state index contributed by atoms with van der Waals surface area (Å²) >= 11 is 5.97. The fourth-order valence-corrected chi connectivity index (χ4v) is 3.07. The maximum atomic E-state index is 13.9. The van der Waals surface area contributed by atoms with E-state index in [0.29, 0.717) is 11.3 Å². The molecule has 0 atom stereocenters. The summed E-state index contributed by atoms with van der Waals surface area (Å²) in [6.07, 6.45) is -0.308. The Morgan fingerprint density at radius 3 is 2.47 bits per heavy atom. The minimum absolute atomic E-state index is 0.0656. The summed E-state index contributed by atoms with van der Waals surface area (Å²) in [5.74, 6) is -2.40. The highest BCUT2D eigenvalue weighted by atomic mass is 35.5. The predicted octanol–water partition coefficient (Wildman–Crippen LogP) is 3.80. The highest BCUT2D eigenvalue weighted by Crippen LogP contribution is 2.22. The molecule has 2 rings (SSSR count). The monoisotopic (exact) mass is 438 g/mol. The molecule has 0 saturated heterocycles. The molecule has 0 spiro atoms. The topological polar surface area (TPSA) is 88.7 Å². The van der Waals surface area contributed by atoms with Crippen LogP contribution in [0.2, 0.25) is 5.02 Å². The van der Waals surface area contributed by atoms with Crippen LogP contribution in [0.3, 0.4) is 0 Å². The Kier molecular flexibility index (Phi) is 7.61. The molecule has 1 N–H and O–H groups in total. The fraction of sp³-hybridized carbons (Fsp3) is 0.381. The fourth-order valence-electron chi connectivity index (χ4n) is 2.85. The van der Waals surface area contributed by atoms with Crippen LogP contribution in [0.25, 0.3) is 0 Å². The van der Waals surface area contributed by atoms with Crippen molar-refractivity contribution >= 4 is 29.4 Å². The average molecular weight is 439 g/mol. The summed E-state index contributed by atoms with van der Waals surface area (Å²) in [5, 5.41) is 0.199. The summed E-state index contributed by atoms with van der Waals surface area (Å²) in [6, 6.07) is 4.24. The first-order valence-corrected chi connectivity index (χ1v) is 9.64. The number of aryl methyl sites for hydroxylation is 1. The first kappa shape index (κ1) is 23.4. The maximum Gasteiger partial charge on any atom is 0.355 e. The second-order valence-electron chi connectivity index (χ2n) is 7.11. The zero-order valence-electron chi connectivity index (χ0n) is 17.5. The van der Waals surface area contributed by atoms with Gasteiger partial charge in [-0.05, 0) is 45.4 Å². The minimum atomic E-state index is -0.787. The van der Waals surface area contributed by atoms with Crippen molar-refractivity contribution in [1.82, 2.24) is 9.88 Å². The number of rotatable bonds is 7. The van der Waals surface area contributed by atoms with Crippen LogP contribution in [0.15, 0.2) is 18.2 Å². The molecule has 1 amide bonds. The van der Waals surface area contributed by atoms with Crippen LogP contribution < -0.4 is 0 Å². The number of benzene rings is 1. The molecule has 30 heavy (non-hydrogen) atoms. The first-order chi connectivity index (χ1) is 14.0. The van der Waals surface area contributed by atoms with Gasteiger partial charge in [-0.25, -0.2) is 14.0 Å². The lowest BCUT2D eigenvalue weighted by Crippen LogP contribution is -2.31. The number of aromatic nitrogens is 1. The molecule has 1 aromatic carbocycles. The number of likely N-dealkylation sites (N-methyl/N-ethyl adjacent to an activating group) is 1. The van der Waals surface area contributed by atoms with E-state index in [1.807, 2.05) is 0 Å². The highest BCUT2D eigenvalue weighted by Gasteiger charge is 2.25. The van der Waals surface area contributed by atoms with E-state index in [-0.39, 0.29) is 34.5 Å². The third kappa shape index (κ3) is 5.38. The molecule has 9 heteroatoms. The lowest BCUT2D eigenvalue weighted by atomic mass is 10.1. The van der Waals surface area contributed by atoms with Gasteiger partial charge in [-0.3, -0.25) is 4.79 Å². The normalized spacial score (nSPS) is 10.8. The summed E-state index contributed by atoms with van der Waals surface area (Å²) in [4.78, 5) is 40.9. The van der Waals surface area contributed by atoms with E-state index in [4.69, 9.17) is 21.1 Å². The van der Waals surface area contributed by atoms with E-state index < -0.39 is 30.3 Å². The lowest BCUT2D eigenvalue weighted by molar-refractivity contribution is -0.133. The zero-order chi connectivity index (χ0) is 22.6. The van der Waals surface area contributed by atoms with Crippen molar-refractivity contribution in [3.05, 3.63) is 57.1 Å². The van der Waals surface area contributed by atoms with E-state index in [2.05, 4.69) is 4.98 Å². The van der Waals surface area contributed by atoms with Crippen LogP contribution >= 0.6 is 11.6 Å². The number of nitrogens with one attached hydrogen (secondary N) is 1. The van der Waals surface area contributed by atoms with Gasteiger partial charge in [-0.1, -0.05) is 17.7 Å². The van der Waals surface area contributed by atoms with E-state index in [1.165, 1.54) is 30.1 Å². The number of hydrogen-bond acceptors (Lipinski definition) is 5. The number of esters is 2. The maximum absolute atomic E-state index is 13.9. The molecule has 0 saturated carbocycles. The average Bonchev–Trinajstić information content (AvgIpc) is 2.96. The van der Waals surface area contributed by atoms with Gasteiger partial charge in [0, 0.05) is 29.9 Å². The van der Waals surface area contributed by atoms with Gasteiger partial charge >= 0.3 is 11.9 Å². The van der Waals surface area contributed by atoms with Crippen LogP contribution in [0, 0.1) is 19.7 Å². The molecule has 0 fully saturated rings. The van der Waals surface area contributed by atoms with Crippen LogP contribution in [0.1, 0.15) is 51.5 Å². The summed E-state index contributed by atoms with van der Waals surface area (Å²) in [7, 11) is 1.45. The van der Waals surface area contributed by atoms with Crippen molar-refractivity contribution in [2.45, 2.75) is 40.3 Å². The first-order valence-electron chi connectivity index (χ1n) is 9.27. The number of hydrogen-bond donors (Lipinski definition) is 1. The molecule has 0 aliphatic rings. The molecule has 1 aromatic heterocycles. The molecule has 0 aliphatic heterocycles. The Labute approximate surface area is 179 Å². The molecule has 0 radical (unpaired) electrons. The lowest BCUT2D eigenvalue weighted by Gasteiger charge is -2.18. The zero-order valence-corrected chi connectivity index (χ0v) is 18.2. The van der Waals surface area contributed by atoms with Gasteiger partial charge in [-0.2, -0.15) is 0 Å². The molecular formula is C21H24ClFN2O5. The third-order valence-corrected chi connectivity index (χ3v) is 4.75. The number of H-pyrrole nitrogens is 1. The SMILES string of the molecule is Cc1[nH]c(C(=O)OCC(=O)N(C)Cc2c(F)cccc2Cl)c(C)c1C(=O)OC(C)C. The highest BCUT2D eigenvalue weighted by molar-refractivity contribution is 6.31. The minimum Gasteiger partial charge on any atom is -0.459 e. The molecule has 0 bridgehead atoms. The summed E-state index contributed by atoms with van der Waals surface area (Å²) in [5.41, 5.74) is 1.33. The summed E-state index contributed by atoms with van der Waals surface area (Å²) < 4.78 is 24.2. The number of aromatic amines is 1. The van der Waals surface area contributed by atoms with Gasteiger partial charge in [0.25, 0.3) is 5.91 Å². The Hall–Kier alpha value is -2.87. The Bertz CT molecular complexity index is 950. The molecule has 0 unspecified atom stereocenters. The van der Waals surface area contributed by atoms with E-state index in [0.717, 1.165) is 0 Å². The van der Waals surface area contributed by atoms with Crippen LogP contribution in [0.4, 0.5) is 4.39 Å². The van der Waals surface area contributed by atoms with Crippen molar-refractivity contribution in [3.8, 4) is 0 Å². The van der Waals surface area contributed by atoms with Gasteiger partial charge in [0.05, 0.1) is 11.7 Å². The molecule has 2 aromatic rings. The number of carbonyl (C=O) groups is 3. The van der Waals surface area contributed by atoms with Crippen molar-refractivity contribution < 1.29 is 28.2 Å². The standard InChI is InChI=1S/C21H24ClFN2O5/c1-11(2)30-20(27)18-12(3)19(24-13(18)4)21(28)29-10-17(26)25(5)9-14-15(22)7-6-8-16(14)23/h6-8,11,24H,9-10H2,1-5H3. The number of carbonyl (C=O) groups excluding carboxylic acids is 3. The van der Waals surface area contributed by atoms with Crippen LogP contribution in [0.5, 0.6) is 0 Å². The molecule has 0 aliphatic carbocycles. The second-order valence-corrected chi connectivity index (χ2v) is 7.51. The van der Waals surface area contributed by atoms with Crippen molar-refractivity contribution in [1.29, 1.82) is 0 Å². The third-order valence-electron chi connectivity index (χ3n) is 4.40. The van der Waals surface area contributed by atoms with Crippen molar-refractivity contribution in [2.75, 3.05) is 13.7 Å². The van der Waals surface area contributed by atoms with E-state index in [9.17, 15) is 18.8 Å². The van der Waals surface area contributed by atoms with Gasteiger partial charge in [-0.15, -0.1) is 0 Å². The largest absolute Gasteiger partial charge is 0.459 e. The molecule has 7 nitrogen and oxygen atoms in total. The van der Waals surface area contributed by atoms with E-state index >= 15 is 0 Å².